The number of hydrogen-bond donors (Lipinski definition) is 1. The Morgan fingerprint density at radius 2 is 1.53 bits per heavy atom. The Balaban J connectivity index is 1.08. The van der Waals surface area contributed by atoms with E-state index in [0.29, 0.717) is 51.9 Å². The highest BCUT2D eigenvalue weighted by Gasteiger charge is 2.60. The predicted molar refractivity (Wildman–Crippen MR) is 193 cm³/mol. The van der Waals surface area contributed by atoms with Crippen molar-refractivity contribution in [3.05, 3.63) is 89.0 Å². The van der Waals surface area contributed by atoms with Gasteiger partial charge in [0.05, 0.1) is 37.4 Å². The lowest BCUT2D eigenvalue weighted by molar-refractivity contribution is -0.151. The number of carbonyl (C=O) groups is 4. The number of hydrogen-bond acceptors (Lipinski definition) is 6. The Bertz CT molecular complexity index is 1860. The fourth-order valence-electron chi connectivity index (χ4n) is 8.99. The number of nitrogens with zero attached hydrogens (tertiary/aromatic N) is 4. The molecule has 3 aromatic rings. The number of fused-ring (bicyclic) bond motifs is 3. The molecule has 3 fully saturated rings. The summed E-state index contributed by atoms with van der Waals surface area (Å²) in [5.74, 6) is -0.283. The number of carbonyl (C=O) groups excluding carboxylic acids is 4. The maximum absolute atomic E-state index is 14.8. The summed E-state index contributed by atoms with van der Waals surface area (Å²) < 4.78 is 6.86. The van der Waals surface area contributed by atoms with Crippen LogP contribution in [0.1, 0.15) is 80.5 Å². The minimum Gasteiger partial charge on any atom is -0.394 e. The normalized spacial score (nSPS) is 26.2. The molecule has 10 nitrogen and oxygen atoms in total. The standard InChI is InChI=1S/C41H46N4O6/c1-27-20-34(23-39(49)44-25-30-9-3-2-8-29(30)21-33(44)26-46)51-41(27)35-22-32(43-19-7-5-11-38(43)48)16-17-36(35)45(40(41)50)24-28-12-14-31(15-13-28)42-18-6-4-10-37(42)47/h2-3,8-9,12-17,22,27,33-34,46H,4-7,10-11,18-21,23-26H2,1H3/t27-,33+,34-,41+/m1/s1. The van der Waals surface area contributed by atoms with Crippen LogP contribution in [0.5, 0.6) is 0 Å². The maximum atomic E-state index is 14.8. The van der Waals surface area contributed by atoms with Crippen LogP contribution < -0.4 is 14.7 Å². The van der Waals surface area contributed by atoms with E-state index in [9.17, 15) is 24.3 Å². The van der Waals surface area contributed by atoms with E-state index in [1.807, 2.05) is 77.4 Å². The van der Waals surface area contributed by atoms with Crippen LogP contribution in [0, 0.1) is 5.92 Å². The topological polar surface area (TPSA) is 111 Å². The number of amides is 4. The van der Waals surface area contributed by atoms with Gasteiger partial charge in [0.2, 0.25) is 17.7 Å². The second-order valence-corrected chi connectivity index (χ2v) is 14.9. The zero-order chi connectivity index (χ0) is 35.3. The number of benzene rings is 3. The largest absolute Gasteiger partial charge is 0.394 e. The molecule has 1 N–H and O–H groups in total. The van der Waals surface area contributed by atoms with E-state index in [4.69, 9.17) is 4.74 Å². The number of anilines is 3. The first-order valence-corrected chi connectivity index (χ1v) is 18.6. The van der Waals surface area contributed by atoms with E-state index < -0.39 is 11.7 Å². The number of aliphatic hydroxyl groups excluding tert-OH is 1. The van der Waals surface area contributed by atoms with E-state index in [0.717, 1.165) is 65.0 Å². The van der Waals surface area contributed by atoms with E-state index >= 15 is 0 Å². The van der Waals surface area contributed by atoms with Crippen LogP contribution in [0.4, 0.5) is 17.1 Å². The summed E-state index contributed by atoms with van der Waals surface area (Å²) in [6.45, 7) is 3.99. The lowest BCUT2D eigenvalue weighted by Gasteiger charge is -2.36. The van der Waals surface area contributed by atoms with E-state index in [1.54, 1.807) is 9.80 Å². The van der Waals surface area contributed by atoms with Crippen LogP contribution in [0.25, 0.3) is 0 Å². The zero-order valence-electron chi connectivity index (χ0n) is 29.3. The average Bonchev–Trinajstić information content (AvgIpc) is 3.60. The van der Waals surface area contributed by atoms with Crippen molar-refractivity contribution in [2.45, 2.75) is 95.5 Å². The monoisotopic (exact) mass is 690 g/mol. The molecule has 0 aromatic heterocycles. The summed E-state index contributed by atoms with van der Waals surface area (Å²) in [5.41, 5.74) is 4.96. The van der Waals surface area contributed by atoms with Crippen molar-refractivity contribution in [2.75, 3.05) is 34.4 Å². The molecular weight excluding hydrogens is 644 g/mol. The SMILES string of the molecule is C[C@@H]1C[C@H](CC(=O)N2Cc3ccccc3C[C@H]2CO)O[C@@]12C(=O)N(Cc1ccc(N3CCCCC3=O)cc1)c1ccc(N3CCCCC3=O)cc12. The van der Waals surface area contributed by atoms with Gasteiger partial charge in [-0.3, -0.25) is 19.2 Å². The number of aliphatic hydroxyl groups is 1. The molecule has 0 aliphatic carbocycles. The van der Waals surface area contributed by atoms with Crippen LogP contribution in [0.3, 0.4) is 0 Å². The van der Waals surface area contributed by atoms with Crippen LogP contribution in [0.15, 0.2) is 66.7 Å². The fraction of sp³-hybridized carbons (Fsp3) is 0.463. The molecule has 266 valence electrons. The second kappa shape index (κ2) is 13.5. The minimum absolute atomic E-state index is 0.0779. The van der Waals surface area contributed by atoms with Crippen molar-refractivity contribution in [3.63, 3.8) is 0 Å². The van der Waals surface area contributed by atoms with E-state index in [1.165, 1.54) is 0 Å². The smallest absolute Gasteiger partial charge is 0.264 e. The molecule has 0 radical (unpaired) electrons. The average molecular weight is 691 g/mol. The first-order chi connectivity index (χ1) is 24.8. The highest BCUT2D eigenvalue weighted by molar-refractivity contribution is 6.08. The second-order valence-electron chi connectivity index (χ2n) is 14.9. The fourth-order valence-corrected chi connectivity index (χ4v) is 8.99. The number of ether oxygens (including phenoxy) is 1. The third kappa shape index (κ3) is 5.92. The molecule has 4 atom stereocenters. The van der Waals surface area contributed by atoms with Gasteiger partial charge < -0.3 is 29.4 Å². The van der Waals surface area contributed by atoms with E-state index in [-0.39, 0.29) is 48.6 Å². The molecule has 5 aliphatic heterocycles. The van der Waals surface area contributed by atoms with Crippen molar-refractivity contribution in [2.24, 2.45) is 5.92 Å². The van der Waals surface area contributed by atoms with Gasteiger partial charge in [-0.15, -0.1) is 0 Å². The predicted octanol–water partition coefficient (Wildman–Crippen LogP) is 5.22. The molecule has 3 aromatic carbocycles. The molecule has 10 heteroatoms. The Hall–Kier alpha value is -4.54. The molecule has 8 rings (SSSR count). The highest BCUT2D eigenvalue weighted by atomic mass is 16.5. The maximum Gasteiger partial charge on any atom is 0.264 e. The first kappa shape index (κ1) is 33.6. The van der Waals surface area contributed by atoms with Gasteiger partial charge in [-0.1, -0.05) is 43.3 Å². The van der Waals surface area contributed by atoms with Crippen LogP contribution in [-0.4, -0.2) is 65.5 Å². The van der Waals surface area contributed by atoms with Gasteiger partial charge in [0.25, 0.3) is 5.91 Å². The molecule has 4 amide bonds. The summed E-state index contributed by atoms with van der Waals surface area (Å²) in [4.78, 5) is 61.4. The van der Waals surface area contributed by atoms with Gasteiger partial charge in [0, 0.05) is 55.3 Å². The van der Waals surface area contributed by atoms with Gasteiger partial charge in [0.15, 0.2) is 5.60 Å². The summed E-state index contributed by atoms with van der Waals surface area (Å²) >= 11 is 0. The Labute approximate surface area is 299 Å². The molecule has 51 heavy (non-hydrogen) atoms. The Kier molecular flexibility index (Phi) is 8.92. The summed E-state index contributed by atoms with van der Waals surface area (Å²) in [6.07, 6.45) is 5.48. The third-order valence-corrected chi connectivity index (χ3v) is 11.7. The summed E-state index contributed by atoms with van der Waals surface area (Å²) in [5, 5.41) is 10.2. The van der Waals surface area contributed by atoms with Gasteiger partial charge in [-0.2, -0.15) is 0 Å². The molecule has 0 bridgehead atoms. The van der Waals surface area contributed by atoms with Gasteiger partial charge >= 0.3 is 0 Å². The molecule has 5 heterocycles. The molecule has 5 aliphatic rings. The number of rotatable bonds is 7. The van der Waals surface area contributed by atoms with Crippen molar-refractivity contribution in [3.8, 4) is 0 Å². The lowest BCUT2D eigenvalue weighted by Crippen LogP contribution is -2.47. The zero-order valence-corrected chi connectivity index (χ0v) is 29.3. The molecular formula is C41H46N4O6. The summed E-state index contributed by atoms with van der Waals surface area (Å²) in [6, 6.07) is 21.4. The van der Waals surface area contributed by atoms with Gasteiger partial charge in [0.1, 0.15) is 0 Å². The Morgan fingerprint density at radius 1 is 0.863 bits per heavy atom. The highest BCUT2D eigenvalue weighted by Crippen LogP contribution is 2.55. The van der Waals surface area contributed by atoms with Crippen molar-refractivity contribution in [1.82, 2.24) is 4.90 Å². The van der Waals surface area contributed by atoms with Crippen LogP contribution in [0.2, 0.25) is 0 Å². The van der Waals surface area contributed by atoms with E-state index in [2.05, 4.69) is 6.07 Å². The van der Waals surface area contributed by atoms with Crippen molar-refractivity contribution < 1.29 is 29.0 Å². The first-order valence-electron chi connectivity index (χ1n) is 18.6. The number of piperidine rings is 2. The molecule has 3 saturated heterocycles. The van der Waals surface area contributed by atoms with Gasteiger partial charge in [-0.05, 0) is 85.5 Å². The van der Waals surface area contributed by atoms with Gasteiger partial charge in [-0.25, -0.2) is 0 Å². The molecule has 0 saturated carbocycles. The van der Waals surface area contributed by atoms with Crippen LogP contribution in [-0.2, 0) is 49.0 Å². The minimum atomic E-state index is -1.31. The third-order valence-electron chi connectivity index (χ3n) is 11.7. The molecule has 0 unspecified atom stereocenters. The lowest BCUT2D eigenvalue weighted by atomic mass is 9.82. The van der Waals surface area contributed by atoms with Crippen molar-refractivity contribution in [1.29, 1.82) is 0 Å². The van der Waals surface area contributed by atoms with Crippen LogP contribution >= 0.6 is 0 Å². The summed E-state index contributed by atoms with van der Waals surface area (Å²) in [7, 11) is 0. The quantitative estimate of drug-likeness (QED) is 0.364. The Morgan fingerprint density at radius 3 is 2.22 bits per heavy atom. The van der Waals surface area contributed by atoms with Crippen molar-refractivity contribution >= 4 is 40.7 Å². The molecule has 1 spiro atoms.